The van der Waals surface area contributed by atoms with Crippen molar-refractivity contribution in [2.75, 3.05) is 5.32 Å². The Balaban J connectivity index is 2.11. The predicted octanol–water partition coefficient (Wildman–Crippen LogP) is 2.36. The topological polar surface area (TPSA) is 88.3 Å². The average molecular weight is 272 g/mol. The molecule has 0 unspecified atom stereocenters. The molecule has 98 valence electrons. The Morgan fingerprint density at radius 2 is 2.22 bits per heavy atom. The van der Waals surface area contributed by atoms with Crippen molar-refractivity contribution >= 4 is 23.1 Å². The Morgan fingerprint density at radius 3 is 2.83 bits per heavy atom. The third-order valence-electron chi connectivity index (χ3n) is 3.09. The zero-order valence-corrected chi connectivity index (χ0v) is 10.4. The van der Waals surface area contributed by atoms with Gasteiger partial charge in [0.15, 0.2) is 0 Å². The first-order chi connectivity index (χ1) is 8.58. The minimum absolute atomic E-state index is 0.0924. The third-order valence-corrected chi connectivity index (χ3v) is 3.38. The molecule has 18 heavy (non-hydrogen) atoms. The van der Waals surface area contributed by atoms with Gasteiger partial charge in [-0.15, -0.1) is 0 Å². The van der Waals surface area contributed by atoms with E-state index in [1.165, 1.54) is 6.07 Å². The molecule has 1 fully saturated rings. The van der Waals surface area contributed by atoms with Gasteiger partial charge in [0.25, 0.3) is 5.69 Å². The molecule has 1 saturated carbocycles. The highest BCUT2D eigenvalue weighted by molar-refractivity contribution is 6.33. The summed E-state index contributed by atoms with van der Waals surface area (Å²) in [5.74, 6) is 0.383. The monoisotopic (exact) mass is 271 g/mol. The van der Waals surface area contributed by atoms with E-state index in [-0.39, 0.29) is 16.8 Å². The molecule has 0 aromatic carbocycles. The van der Waals surface area contributed by atoms with Crippen molar-refractivity contribution in [3.63, 3.8) is 0 Å². The lowest BCUT2D eigenvalue weighted by atomic mass is 9.92. The Bertz CT molecular complexity index is 455. The maximum atomic E-state index is 10.6. The molecule has 2 N–H and O–H groups in total. The molecule has 0 bridgehead atoms. The van der Waals surface area contributed by atoms with E-state index in [0.717, 1.165) is 31.9 Å². The maximum Gasteiger partial charge on any atom is 0.289 e. The van der Waals surface area contributed by atoms with Crippen molar-refractivity contribution in [1.29, 1.82) is 0 Å². The summed E-state index contributed by atoms with van der Waals surface area (Å²) >= 11 is 5.93. The van der Waals surface area contributed by atoms with Crippen molar-refractivity contribution in [3.05, 3.63) is 27.4 Å². The van der Waals surface area contributed by atoms with Crippen molar-refractivity contribution in [1.82, 2.24) is 4.98 Å². The quantitative estimate of drug-likeness (QED) is 0.651. The molecule has 1 aromatic rings. The van der Waals surface area contributed by atoms with E-state index in [2.05, 4.69) is 10.3 Å². The molecule has 1 aromatic heterocycles. The van der Waals surface area contributed by atoms with Crippen LogP contribution in [-0.4, -0.2) is 27.2 Å². The van der Waals surface area contributed by atoms with Crippen LogP contribution < -0.4 is 5.32 Å². The Labute approximate surface area is 109 Å². The maximum absolute atomic E-state index is 10.6. The summed E-state index contributed by atoms with van der Waals surface area (Å²) in [4.78, 5) is 13.9. The molecule has 2 rings (SSSR count). The zero-order valence-electron chi connectivity index (χ0n) is 9.67. The van der Waals surface area contributed by atoms with E-state index in [9.17, 15) is 15.2 Å². The molecule has 0 aliphatic heterocycles. The van der Waals surface area contributed by atoms with Crippen LogP contribution in [0.1, 0.15) is 25.7 Å². The van der Waals surface area contributed by atoms with Crippen LogP contribution >= 0.6 is 11.6 Å². The van der Waals surface area contributed by atoms with Crippen LogP contribution in [0.25, 0.3) is 0 Å². The highest BCUT2D eigenvalue weighted by Crippen LogP contribution is 2.27. The molecule has 0 saturated heterocycles. The van der Waals surface area contributed by atoms with Crippen LogP contribution in [0.2, 0.25) is 5.02 Å². The van der Waals surface area contributed by atoms with Crippen LogP contribution in [0.15, 0.2) is 12.3 Å². The second-order valence-corrected chi connectivity index (χ2v) is 4.79. The predicted molar refractivity (Wildman–Crippen MR) is 67.8 cm³/mol. The van der Waals surface area contributed by atoms with Crippen molar-refractivity contribution in [2.24, 2.45) is 0 Å². The van der Waals surface area contributed by atoms with Crippen LogP contribution in [0, 0.1) is 10.1 Å². The second kappa shape index (κ2) is 5.49. The average Bonchev–Trinajstić information content (AvgIpc) is 2.34. The Morgan fingerprint density at radius 1 is 1.50 bits per heavy atom. The molecular weight excluding hydrogens is 258 g/mol. The van der Waals surface area contributed by atoms with E-state index in [1.54, 1.807) is 0 Å². The molecule has 1 aliphatic rings. The molecule has 0 amide bonds. The second-order valence-electron chi connectivity index (χ2n) is 4.38. The summed E-state index contributed by atoms with van der Waals surface area (Å²) in [6, 6.07) is 1.16. The van der Waals surface area contributed by atoms with E-state index in [4.69, 9.17) is 11.6 Å². The fourth-order valence-corrected chi connectivity index (χ4v) is 2.30. The summed E-state index contributed by atoms with van der Waals surface area (Å²) in [5, 5.41) is 23.6. The van der Waals surface area contributed by atoms with Gasteiger partial charge in [0, 0.05) is 6.07 Å². The van der Waals surface area contributed by atoms with Crippen molar-refractivity contribution < 1.29 is 10.0 Å². The van der Waals surface area contributed by atoms with Crippen LogP contribution in [-0.2, 0) is 0 Å². The Hall–Kier alpha value is -1.40. The van der Waals surface area contributed by atoms with E-state index in [0.29, 0.717) is 5.82 Å². The molecule has 7 heteroatoms. The summed E-state index contributed by atoms with van der Waals surface area (Å²) in [6.45, 7) is 0. The number of aliphatic hydroxyl groups excluding tert-OH is 1. The van der Waals surface area contributed by atoms with Gasteiger partial charge >= 0.3 is 0 Å². The number of anilines is 1. The largest absolute Gasteiger partial charge is 0.391 e. The molecule has 1 heterocycles. The summed E-state index contributed by atoms with van der Waals surface area (Å²) in [7, 11) is 0. The van der Waals surface area contributed by atoms with Gasteiger partial charge in [-0.3, -0.25) is 10.1 Å². The van der Waals surface area contributed by atoms with Gasteiger partial charge in [-0.2, -0.15) is 0 Å². The number of hydrogen-bond donors (Lipinski definition) is 2. The fourth-order valence-electron chi connectivity index (χ4n) is 2.09. The standard InChI is InChI=1S/C11H14ClN3O3/c12-8-5-7(15(17)18)6-13-11(8)14-9-3-1-2-4-10(9)16/h5-6,9-10,16H,1-4H2,(H,13,14)/t9-,10-/m0/s1. The van der Waals surface area contributed by atoms with Gasteiger partial charge in [0.1, 0.15) is 12.0 Å². The smallest absolute Gasteiger partial charge is 0.289 e. The zero-order chi connectivity index (χ0) is 13.1. The van der Waals surface area contributed by atoms with Gasteiger partial charge in [0.05, 0.1) is 22.1 Å². The van der Waals surface area contributed by atoms with E-state index < -0.39 is 11.0 Å². The number of nitrogens with one attached hydrogen (secondary N) is 1. The van der Waals surface area contributed by atoms with Gasteiger partial charge in [-0.25, -0.2) is 4.98 Å². The Kier molecular flexibility index (Phi) is 3.98. The minimum atomic E-state index is -0.544. The van der Waals surface area contributed by atoms with Crippen LogP contribution in [0.3, 0.4) is 0 Å². The highest BCUT2D eigenvalue weighted by atomic mass is 35.5. The number of nitro groups is 1. The first kappa shape index (κ1) is 13.0. The first-order valence-electron chi connectivity index (χ1n) is 5.82. The molecular formula is C11H14ClN3O3. The SMILES string of the molecule is O=[N+]([O-])c1cnc(N[C@H]2CCCC[C@@H]2O)c(Cl)c1. The minimum Gasteiger partial charge on any atom is -0.391 e. The van der Waals surface area contributed by atoms with Crippen LogP contribution in [0.5, 0.6) is 0 Å². The molecule has 0 spiro atoms. The summed E-state index contributed by atoms with van der Waals surface area (Å²) in [6.07, 6.45) is 4.38. The van der Waals surface area contributed by atoms with Gasteiger partial charge < -0.3 is 10.4 Å². The lowest BCUT2D eigenvalue weighted by molar-refractivity contribution is -0.385. The molecule has 6 nitrogen and oxygen atoms in total. The number of halogens is 1. The van der Waals surface area contributed by atoms with Gasteiger partial charge in [0.2, 0.25) is 0 Å². The van der Waals surface area contributed by atoms with Crippen LogP contribution in [0.4, 0.5) is 11.5 Å². The fraction of sp³-hybridized carbons (Fsp3) is 0.545. The molecule has 2 atom stereocenters. The lowest BCUT2D eigenvalue weighted by Gasteiger charge is -2.28. The molecule has 1 aliphatic carbocycles. The van der Waals surface area contributed by atoms with Gasteiger partial charge in [-0.1, -0.05) is 24.4 Å². The number of rotatable bonds is 3. The highest BCUT2D eigenvalue weighted by Gasteiger charge is 2.24. The number of aliphatic hydroxyl groups is 1. The number of nitrogens with zero attached hydrogens (tertiary/aromatic N) is 2. The van der Waals surface area contributed by atoms with Gasteiger partial charge in [-0.05, 0) is 12.8 Å². The van der Waals surface area contributed by atoms with E-state index in [1.807, 2.05) is 0 Å². The lowest BCUT2D eigenvalue weighted by Crippen LogP contribution is -2.36. The summed E-state index contributed by atoms with van der Waals surface area (Å²) in [5.41, 5.74) is -0.144. The summed E-state index contributed by atoms with van der Waals surface area (Å²) < 4.78 is 0. The number of aromatic nitrogens is 1. The van der Waals surface area contributed by atoms with Crippen molar-refractivity contribution in [3.8, 4) is 0 Å². The van der Waals surface area contributed by atoms with Crippen molar-refractivity contribution in [2.45, 2.75) is 37.8 Å². The number of hydrogen-bond acceptors (Lipinski definition) is 5. The molecule has 0 radical (unpaired) electrons. The first-order valence-corrected chi connectivity index (χ1v) is 6.20. The third kappa shape index (κ3) is 2.88. The normalized spacial score (nSPS) is 23.7. The number of pyridine rings is 1. The van der Waals surface area contributed by atoms with E-state index >= 15 is 0 Å².